The number of carbonyl (C=O) groups is 1. The second-order valence-electron chi connectivity index (χ2n) is 3.87. The first-order valence-corrected chi connectivity index (χ1v) is 5.89. The van der Waals surface area contributed by atoms with E-state index in [4.69, 9.17) is 16.3 Å². The van der Waals surface area contributed by atoms with E-state index in [-0.39, 0.29) is 16.3 Å². The van der Waals surface area contributed by atoms with Crippen LogP contribution >= 0.6 is 11.6 Å². The molecular formula is C14H8ClF3O2. The molecule has 0 aliphatic rings. The minimum atomic E-state index is -4.56. The van der Waals surface area contributed by atoms with Crippen molar-refractivity contribution in [3.8, 4) is 11.5 Å². The van der Waals surface area contributed by atoms with E-state index in [0.29, 0.717) is 6.29 Å². The van der Waals surface area contributed by atoms with Crippen molar-refractivity contribution in [1.29, 1.82) is 0 Å². The summed E-state index contributed by atoms with van der Waals surface area (Å²) in [6, 6.07) is 9.07. The van der Waals surface area contributed by atoms with Crippen molar-refractivity contribution in [2.75, 3.05) is 0 Å². The lowest BCUT2D eigenvalue weighted by atomic mass is 10.2. The Labute approximate surface area is 117 Å². The van der Waals surface area contributed by atoms with Crippen molar-refractivity contribution in [2.45, 2.75) is 6.18 Å². The van der Waals surface area contributed by atoms with Gasteiger partial charge in [-0.1, -0.05) is 29.8 Å². The molecule has 20 heavy (non-hydrogen) atoms. The number of hydrogen-bond acceptors (Lipinski definition) is 2. The Balaban J connectivity index is 2.49. The third-order valence-electron chi connectivity index (χ3n) is 2.53. The van der Waals surface area contributed by atoms with Crippen LogP contribution in [0.15, 0.2) is 42.5 Å². The molecule has 0 unspecified atom stereocenters. The van der Waals surface area contributed by atoms with Gasteiger partial charge in [0.25, 0.3) is 0 Å². The highest BCUT2D eigenvalue weighted by Gasteiger charge is 2.34. The molecular weight excluding hydrogens is 293 g/mol. The number of para-hydroxylation sites is 2. The van der Waals surface area contributed by atoms with Gasteiger partial charge in [0, 0.05) is 0 Å². The smallest absolute Gasteiger partial charge is 0.419 e. The molecule has 0 aromatic heterocycles. The molecule has 2 aromatic carbocycles. The average molecular weight is 301 g/mol. The Morgan fingerprint density at radius 3 is 2.40 bits per heavy atom. The van der Waals surface area contributed by atoms with E-state index in [1.807, 2.05) is 0 Å². The third-order valence-corrected chi connectivity index (χ3v) is 2.83. The SMILES string of the molecule is O=Cc1cccc(Cl)c1Oc1ccccc1C(F)(F)F. The molecule has 0 bridgehead atoms. The van der Waals surface area contributed by atoms with Gasteiger partial charge in [-0.3, -0.25) is 4.79 Å². The maximum atomic E-state index is 12.9. The lowest BCUT2D eigenvalue weighted by Crippen LogP contribution is -2.07. The summed E-state index contributed by atoms with van der Waals surface area (Å²) in [6.45, 7) is 0. The fourth-order valence-corrected chi connectivity index (χ4v) is 1.85. The van der Waals surface area contributed by atoms with Gasteiger partial charge in [-0.25, -0.2) is 0 Å². The lowest BCUT2D eigenvalue weighted by Gasteiger charge is -2.15. The Kier molecular flexibility index (Phi) is 3.99. The largest absolute Gasteiger partial charge is 0.454 e. The van der Waals surface area contributed by atoms with Crippen LogP contribution in [0.25, 0.3) is 0 Å². The number of carbonyl (C=O) groups excluding carboxylic acids is 1. The van der Waals surface area contributed by atoms with Gasteiger partial charge in [0.2, 0.25) is 0 Å². The number of hydrogen-bond donors (Lipinski definition) is 0. The minimum absolute atomic E-state index is 0.0616. The van der Waals surface area contributed by atoms with E-state index in [0.717, 1.165) is 6.07 Å². The van der Waals surface area contributed by atoms with Gasteiger partial charge in [0.1, 0.15) is 5.75 Å². The van der Waals surface area contributed by atoms with Crippen LogP contribution < -0.4 is 4.74 Å². The maximum Gasteiger partial charge on any atom is 0.419 e. The van der Waals surface area contributed by atoms with Crippen LogP contribution in [-0.2, 0) is 6.18 Å². The van der Waals surface area contributed by atoms with Crippen molar-refractivity contribution in [3.63, 3.8) is 0 Å². The Morgan fingerprint density at radius 2 is 1.75 bits per heavy atom. The van der Waals surface area contributed by atoms with E-state index >= 15 is 0 Å². The molecule has 0 N–H and O–H groups in total. The van der Waals surface area contributed by atoms with E-state index < -0.39 is 17.5 Å². The number of halogens is 4. The predicted octanol–water partition coefficient (Wildman–Crippen LogP) is 4.96. The zero-order valence-electron chi connectivity index (χ0n) is 9.95. The molecule has 2 nitrogen and oxygen atoms in total. The molecule has 0 atom stereocenters. The summed E-state index contributed by atoms with van der Waals surface area (Å²) in [5, 5.41) is 0.0616. The minimum Gasteiger partial charge on any atom is -0.454 e. The topological polar surface area (TPSA) is 26.3 Å². The number of aldehydes is 1. The van der Waals surface area contributed by atoms with Gasteiger partial charge in [0.15, 0.2) is 12.0 Å². The average Bonchev–Trinajstić information content (AvgIpc) is 2.40. The van der Waals surface area contributed by atoms with Crippen molar-refractivity contribution in [1.82, 2.24) is 0 Å². The van der Waals surface area contributed by atoms with Crippen molar-refractivity contribution in [3.05, 3.63) is 58.6 Å². The molecule has 0 radical (unpaired) electrons. The van der Waals surface area contributed by atoms with E-state index in [9.17, 15) is 18.0 Å². The van der Waals surface area contributed by atoms with E-state index in [1.165, 1.54) is 36.4 Å². The zero-order chi connectivity index (χ0) is 14.8. The first-order chi connectivity index (χ1) is 9.43. The van der Waals surface area contributed by atoms with E-state index in [2.05, 4.69) is 0 Å². The Morgan fingerprint density at radius 1 is 1.05 bits per heavy atom. The Bertz CT molecular complexity index is 639. The monoisotopic (exact) mass is 300 g/mol. The van der Waals surface area contributed by atoms with Gasteiger partial charge in [-0.05, 0) is 24.3 Å². The molecule has 0 saturated carbocycles. The van der Waals surface area contributed by atoms with E-state index in [1.54, 1.807) is 0 Å². The second-order valence-corrected chi connectivity index (χ2v) is 4.28. The first-order valence-electron chi connectivity index (χ1n) is 5.51. The van der Waals surface area contributed by atoms with Gasteiger partial charge in [-0.15, -0.1) is 0 Å². The van der Waals surface area contributed by atoms with Crippen molar-refractivity contribution >= 4 is 17.9 Å². The normalized spacial score (nSPS) is 11.2. The van der Waals surface area contributed by atoms with Crippen LogP contribution in [0, 0.1) is 0 Å². The molecule has 0 saturated heterocycles. The molecule has 0 fully saturated rings. The predicted molar refractivity (Wildman–Crippen MR) is 68.4 cm³/mol. The molecule has 104 valence electrons. The molecule has 0 aliphatic carbocycles. The molecule has 2 rings (SSSR count). The molecule has 0 aliphatic heterocycles. The summed E-state index contributed by atoms with van der Waals surface area (Å²) in [7, 11) is 0. The standard InChI is InChI=1S/C14H8ClF3O2/c15-11-6-3-4-9(8-19)13(11)20-12-7-2-1-5-10(12)14(16,17)18/h1-8H. The fourth-order valence-electron chi connectivity index (χ4n) is 1.63. The van der Waals surface area contributed by atoms with Crippen LogP contribution in [0.3, 0.4) is 0 Å². The molecule has 0 heterocycles. The summed E-state index contributed by atoms with van der Waals surface area (Å²) >= 11 is 5.86. The van der Waals surface area contributed by atoms with Crippen LogP contribution in [0.1, 0.15) is 15.9 Å². The Hall–Kier alpha value is -2.01. The zero-order valence-corrected chi connectivity index (χ0v) is 10.7. The molecule has 2 aromatic rings. The van der Waals surface area contributed by atoms with Crippen LogP contribution in [-0.4, -0.2) is 6.29 Å². The molecule has 0 spiro atoms. The summed E-state index contributed by atoms with van der Waals surface area (Å²) in [5.41, 5.74) is -0.855. The first kappa shape index (κ1) is 14.4. The summed E-state index contributed by atoms with van der Waals surface area (Å²) in [5.74, 6) is -0.503. The molecule has 0 amide bonds. The second kappa shape index (κ2) is 5.54. The van der Waals surface area contributed by atoms with Gasteiger partial charge in [0.05, 0.1) is 16.1 Å². The van der Waals surface area contributed by atoms with Crippen molar-refractivity contribution < 1.29 is 22.7 Å². The van der Waals surface area contributed by atoms with Gasteiger partial charge >= 0.3 is 6.18 Å². The highest BCUT2D eigenvalue weighted by Crippen LogP contribution is 2.40. The lowest BCUT2D eigenvalue weighted by molar-refractivity contribution is -0.138. The van der Waals surface area contributed by atoms with Crippen molar-refractivity contribution in [2.24, 2.45) is 0 Å². The summed E-state index contributed by atoms with van der Waals surface area (Å²) in [4.78, 5) is 10.9. The molecule has 6 heteroatoms. The number of benzene rings is 2. The quantitative estimate of drug-likeness (QED) is 0.749. The summed E-state index contributed by atoms with van der Waals surface area (Å²) < 4.78 is 43.8. The maximum absolute atomic E-state index is 12.9. The highest BCUT2D eigenvalue weighted by molar-refractivity contribution is 6.32. The van der Waals surface area contributed by atoms with Crippen LogP contribution in [0.4, 0.5) is 13.2 Å². The fraction of sp³-hybridized carbons (Fsp3) is 0.0714. The van der Waals surface area contributed by atoms with Gasteiger partial charge in [-0.2, -0.15) is 13.2 Å². The van der Waals surface area contributed by atoms with Gasteiger partial charge < -0.3 is 4.74 Å². The number of rotatable bonds is 3. The summed E-state index contributed by atoms with van der Waals surface area (Å²) in [6.07, 6.45) is -4.09. The number of alkyl halides is 3. The number of ether oxygens (including phenoxy) is 1. The third kappa shape index (κ3) is 2.93. The highest BCUT2D eigenvalue weighted by atomic mass is 35.5. The van der Waals surface area contributed by atoms with Crippen LogP contribution in [0.5, 0.6) is 11.5 Å². The van der Waals surface area contributed by atoms with Crippen LogP contribution in [0.2, 0.25) is 5.02 Å².